The van der Waals surface area contributed by atoms with Gasteiger partial charge in [-0.15, -0.1) is 0 Å². The van der Waals surface area contributed by atoms with Gasteiger partial charge in [0, 0.05) is 58.8 Å². The zero-order valence-corrected chi connectivity index (χ0v) is 25.9. The van der Waals surface area contributed by atoms with Gasteiger partial charge in [-0.05, 0) is 96.9 Å². The lowest BCUT2D eigenvalue weighted by Crippen LogP contribution is -2.20. The zero-order chi connectivity index (χ0) is 31.0. The van der Waals surface area contributed by atoms with E-state index in [-0.39, 0.29) is 12.2 Å². The first-order valence-electron chi connectivity index (χ1n) is 15.4. The number of hydrogen-bond donors (Lipinski definition) is 3. The number of pyridine rings is 2. The van der Waals surface area contributed by atoms with Gasteiger partial charge in [0.05, 0.1) is 22.7 Å². The Morgan fingerprint density at radius 1 is 0.889 bits per heavy atom. The molecule has 1 aliphatic rings. The highest BCUT2D eigenvalue weighted by Crippen LogP contribution is 2.35. The highest BCUT2D eigenvalue weighted by molar-refractivity contribution is 7.90. The van der Waals surface area contributed by atoms with Gasteiger partial charge < -0.3 is 10.3 Å². The second-order valence-electron chi connectivity index (χ2n) is 12.2. The molecule has 1 aliphatic carbocycles. The molecule has 0 radical (unpaired) electrons. The fourth-order valence-corrected chi connectivity index (χ4v) is 7.03. The molecule has 230 valence electrons. The van der Waals surface area contributed by atoms with Gasteiger partial charge in [0.1, 0.15) is 21.3 Å². The first-order valence-corrected chi connectivity index (χ1v) is 17.4. The number of hydrogen-bond acceptors (Lipinski definition) is 6. The molecular weight excluding hydrogens is 587 g/mol. The molecule has 0 saturated heterocycles. The van der Waals surface area contributed by atoms with Crippen LogP contribution >= 0.6 is 0 Å². The van der Waals surface area contributed by atoms with E-state index >= 15 is 0 Å². The van der Waals surface area contributed by atoms with Crippen LogP contribution in [0.25, 0.3) is 55.6 Å². The number of nitrogens with one attached hydrogen (secondary N) is 3. The Hall–Kier alpha value is -4.41. The third-order valence-electron chi connectivity index (χ3n) is 8.72. The largest absolute Gasteiger partial charge is 0.353 e. The van der Waals surface area contributed by atoms with Crippen molar-refractivity contribution in [2.45, 2.75) is 38.6 Å². The molecule has 45 heavy (non-hydrogen) atoms. The molecule has 0 spiro atoms. The number of fused-ring (bicyclic) bond motifs is 2. The quantitative estimate of drug-likeness (QED) is 0.154. The SMILES string of the molecule is CS(=O)(=O)CCc1cc(F)cc(-c2nccc3[nH]c(-c4n[nH]c5ccc(-c6cncc(CNCC7CCCC7)c6)cc45)cc23)c1. The molecule has 0 bridgehead atoms. The minimum Gasteiger partial charge on any atom is -0.353 e. The van der Waals surface area contributed by atoms with Crippen LogP contribution in [0.3, 0.4) is 0 Å². The average Bonchev–Trinajstić information content (AvgIpc) is 3.79. The maximum absolute atomic E-state index is 14.7. The zero-order valence-electron chi connectivity index (χ0n) is 25.1. The summed E-state index contributed by atoms with van der Waals surface area (Å²) in [6.07, 6.45) is 12.3. The van der Waals surface area contributed by atoms with Crippen molar-refractivity contribution in [2.24, 2.45) is 5.92 Å². The maximum atomic E-state index is 14.7. The topological polar surface area (TPSA) is 116 Å². The van der Waals surface area contributed by atoms with Crippen LogP contribution in [0.2, 0.25) is 0 Å². The third-order valence-corrected chi connectivity index (χ3v) is 9.67. The van der Waals surface area contributed by atoms with Crippen molar-refractivity contribution in [3.8, 4) is 33.8 Å². The van der Waals surface area contributed by atoms with E-state index in [1.807, 2.05) is 36.7 Å². The van der Waals surface area contributed by atoms with Gasteiger partial charge in [0.2, 0.25) is 0 Å². The molecular formula is C35H35FN6O2S. The number of benzene rings is 2. The van der Waals surface area contributed by atoms with E-state index in [9.17, 15) is 12.8 Å². The van der Waals surface area contributed by atoms with E-state index in [4.69, 9.17) is 0 Å². The summed E-state index contributed by atoms with van der Waals surface area (Å²) in [5, 5.41) is 13.2. The van der Waals surface area contributed by atoms with E-state index in [1.54, 1.807) is 6.20 Å². The van der Waals surface area contributed by atoms with Gasteiger partial charge in [0.25, 0.3) is 0 Å². The van der Waals surface area contributed by atoms with Crippen LogP contribution in [-0.2, 0) is 22.8 Å². The van der Waals surface area contributed by atoms with Crippen LogP contribution in [0.1, 0.15) is 36.8 Å². The fraction of sp³-hybridized carbons (Fsp3) is 0.286. The predicted octanol–water partition coefficient (Wildman–Crippen LogP) is 6.84. The molecule has 1 fully saturated rings. The van der Waals surface area contributed by atoms with Crippen molar-refractivity contribution in [1.29, 1.82) is 0 Å². The van der Waals surface area contributed by atoms with Crippen molar-refractivity contribution in [1.82, 2.24) is 30.5 Å². The average molecular weight is 623 g/mol. The molecule has 1 saturated carbocycles. The Bertz CT molecular complexity index is 2110. The maximum Gasteiger partial charge on any atom is 0.147 e. The molecule has 3 N–H and O–H groups in total. The number of aryl methyl sites for hydroxylation is 1. The van der Waals surface area contributed by atoms with Crippen LogP contribution in [0.15, 0.2) is 73.2 Å². The lowest BCUT2D eigenvalue weighted by molar-refractivity contribution is 0.489. The Morgan fingerprint density at radius 3 is 2.56 bits per heavy atom. The number of aromatic nitrogens is 5. The molecule has 0 amide bonds. The molecule has 4 aromatic heterocycles. The summed E-state index contributed by atoms with van der Waals surface area (Å²) in [7, 11) is -3.18. The Kier molecular flexibility index (Phi) is 7.93. The van der Waals surface area contributed by atoms with Gasteiger partial charge >= 0.3 is 0 Å². The summed E-state index contributed by atoms with van der Waals surface area (Å²) in [6, 6.07) is 16.9. The fourth-order valence-electron chi connectivity index (χ4n) is 6.42. The number of H-pyrrole nitrogens is 2. The molecule has 0 unspecified atom stereocenters. The molecule has 8 nitrogen and oxygen atoms in total. The summed E-state index contributed by atoms with van der Waals surface area (Å²) in [6.45, 7) is 1.85. The van der Waals surface area contributed by atoms with Crippen LogP contribution in [0, 0.1) is 11.7 Å². The summed E-state index contributed by atoms with van der Waals surface area (Å²) in [5.74, 6) is 0.311. The predicted molar refractivity (Wildman–Crippen MR) is 177 cm³/mol. The molecule has 0 atom stereocenters. The molecule has 4 heterocycles. The van der Waals surface area contributed by atoms with Crippen molar-refractivity contribution >= 4 is 31.6 Å². The second kappa shape index (κ2) is 12.2. The standard InChI is InChI=1S/C35H35FN6O2S/c1-45(43,44)11-9-23-12-26(15-28(36)14-23)34-30-17-33(40-31(30)8-10-39-34)35-29-16-25(6-7-32(29)41-42-35)27-13-24(20-38-21-27)19-37-18-22-4-2-3-5-22/h6-8,10,12-17,20-22,37,40H,2-5,9,11,18-19H2,1H3,(H,41,42). The van der Waals surface area contributed by atoms with E-state index in [0.717, 1.165) is 68.9 Å². The van der Waals surface area contributed by atoms with Gasteiger partial charge in [-0.25, -0.2) is 12.8 Å². The Balaban J connectivity index is 1.19. The van der Waals surface area contributed by atoms with Crippen LogP contribution in [0.5, 0.6) is 0 Å². The van der Waals surface area contributed by atoms with Gasteiger partial charge in [-0.3, -0.25) is 15.1 Å². The highest BCUT2D eigenvalue weighted by Gasteiger charge is 2.17. The first-order chi connectivity index (χ1) is 21.8. The van der Waals surface area contributed by atoms with E-state index in [0.29, 0.717) is 16.8 Å². The van der Waals surface area contributed by atoms with Gasteiger partial charge in [0.15, 0.2) is 0 Å². The summed E-state index contributed by atoms with van der Waals surface area (Å²) >= 11 is 0. The van der Waals surface area contributed by atoms with E-state index in [2.05, 4.69) is 48.7 Å². The molecule has 10 heteroatoms. The smallest absolute Gasteiger partial charge is 0.147 e. The normalized spacial score (nSPS) is 14.2. The van der Waals surface area contributed by atoms with Crippen molar-refractivity contribution in [3.63, 3.8) is 0 Å². The van der Waals surface area contributed by atoms with Crippen LogP contribution in [-0.4, -0.2) is 52.1 Å². The minimum atomic E-state index is -3.18. The number of rotatable bonds is 10. The van der Waals surface area contributed by atoms with E-state index < -0.39 is 15.7 Å². The summed E-state index contributed by atoms with van der Waals surface area (Å²) in [5.41, 5.74) is 8.39. The molecule has 6 aromatic rings. The number of aromatic amines is 2. The summed E-state index contributed by atoms with van der Waals surface area (Å²) < 4.78 is 38.1. The first kappa shape index (κ1) is 29.3. The molecule has 2 aromatic carbocycles. The van der Waals surface area contributed by atoms with Gasteiger partial charge in [-0.2, -0.15) is 5.10 Å². The van der Waals surface area contributed by atoms with Crippen molar-refractivity contribution in [3.05, 3.63) is 90.1 Å². The third kappa shape index (κ3) is 6.53. The van der Waals surface area contributed by atoms with Gasteiger partial charge in [-0.1, -0.05) is 18.9 Å². The lowest BCUT2D eigenvalue weighted by Gasteiger charge is -2.11. The number of nitrogens with zero attached hydrogens (tertiary/aromatic N) is 3. The Morgan fingerprint density at radius 2 is 1.71 bits per heavy atom. The van der Waals surface area contributed by atoms with Crippen LogP contribution < -0.4 is 5.32 Å². The Labute approximate surface area is 261 Å². The molecule has 7 rings (SSSR count). The van der Waals surface area contributed by atoms with Crippen molar-refractivity contribution in [2.75, 3.05) is 18.6 Å². The minimum absolute atomic E-state index is 0.0479. The molecule has 0 aliphatic heterocycles. The highest BCUT2D eigenvalue weighted by atomic mass is 32.2. The van der Waals surface area contributed by atoms with Crippen LogP contribution in [0.4, 0.5) is 4.39 Å². The monoisotopic (exact) mass is 622 g/mol. The number of halogens is 1. The van der Waals surface area contributed by atoms with E-state index in [1.165, 1.54) is 44.1 Å². The lowest BCUT2D eigenvalue weighted by atomic mass is 10.0. The van der Waals surface area contributed by atoms with Crippen molar-refractivity contribution < 1.29 is 12.8 Å². The number of sulfone groups is 1. The summed E-state index contributed by atoms with van der Waals surface area (Å²) in [4.78, 5) is 12.6. The second-order valence-corrected chi connectivity index (χ2v) is 14.5.